The lowest BCUT2D eigenvalue weighted by Gasteiger charge is -2.26. The Kier molecular flexibility index (Phi) is 7.25. The second kappa shape index (κ2) is 8.70. The lowest BCUT2D eigenvalue weighted by molar-refractivity contribution is -0.145. The van der Waals surface area contributed by atoms with E-state index in [1.165, 1.54) is 12.0 Å². The van der Waals surface area contributed by atoms with Gasteiger partial charge in [-0.25, -0.2) is 13.2 Å². The van der Waals surface area contributed by atoms with Crippen molar-refractivity contribution in [1.82, 2.24) is 4.90 Å². The van der Waals surface area contributed by atoms with Crippen LogP contribution in [0, 0.1) is 29.3 Å². The molecule has 1 rings (SSSR count). The van der Waals surface area contributed by atoms with Crippen molar-refractivity contribution >= 4 is 11.9 Å². The molecule has 0 spiro atoms. The van der Waals surface area contributed by atoms with Crippen molar-refractivity contribution in [3.63, 3.8) is 0 Å². The third-order valence-electron chi connectivity index (χ3n) is 3.63. The minimum absolute atomic E-state index is 0.00331. The van der Waals surface area contributed by atoms with Crippen molar-refractivity contribution in [1.29, 1.82) is 0 Å². The van der Waals surface area contributed by atoms with Crippen LogP contribution in [0.4, 0.5) is 13.2 Å². The Morgan fingerprint density at radius 3 is 2.29 bits per heavy atom. The van der Waals surface area contributed by atoms with Crippen LogP contribution in [0.1, 0.15) is 37.6 Å². The van der Waals surface area contributed by atoms with Gasteiger partial charge in [0.25, 0.3) is 5.91 Å². The summed E-state index contributed by atoms with van der Waals surface area (Å²) in [6, 6.07) is 1.61. The van der Waals surface area contributed by atoms with E-state index >= 15 is 0 Å². The Morgan fingerprint density at radius 2 is 1.75 bits per heavy atom. The molecular formula is C17H22F3NO3. The van der Waals surface area contributed by atoms with Crippen molar-refractivity contribution in [3.05, 3.63) is 35.1 Å². The van der Waals surface area contributed by atoms with Crippen molar-refractivity contribution < 1.29 is 27.5 Å². The molecular weight excluding hydrogens is 323 g/mol. The Hall–Kier alpha value is -2.05. The van der Waals surface area contributed by atoms with E-state index in [1.54, 1.807) is 6.92 Å². The summed E-state index contributed by atoms with van der Waals surface area (Å²) in [5, 5.41) is 0. The van der Waals surface area contributed by atoms with Crippen LogP contribution in [-0.4, -0.2) is 37.0 Å². The number of amides is 1. The van der Waals surface area contributed by atoms with E-state index in [0.717, 1.165) is 6.07 Å². The first-order chi connectivity index (χ1) is 11.2. The number of benzene rings is 1. The molecule has 0 saturated carbocycles. The SMILES string of the molecule is COC(=O)C(C)CN(CCC(C)C)C(=O)c1ccc(F)c(F)c1F. The van der Waals surface area contributed by atoms with Crippen LogP contribution in [0.5, 0.6) is 0 Å². The summed E-state index contributed by atoms with van der Waals surface area (Å²) >= 11 is 0. The van der Waals surface area contributed by atoms with Crippen LogP contribution in [0.15, 0.2) is 12.1 Å². The Bertz CT molecular complexity index is 605. The highest BCUT2D eigenvalue weighted by Crippen LogP contribution is 2.18. The molecule has 0 saturated heterocycles. The van der Waals surface area contributed by atoms with Gasteiger partial charge in [0.05, 0.1) is 18.6 Å². The molecule has 0 aliphatic heterocycles. The normalized spacial score (nSPS) is 12.2. The Labute approximate surface area is 139 Å². The van der Waals surface area contributed by atoms with Crippen molar-refractivity contribution in [2.75, 3.05) is 20.2 Å². The van der Waals surface area contributed by atoms with Gasteiger partial charge < -0.3 is 9.64 Å². The zero-order valence-electron chi connectivity index (χ0n) is 14.2. The number of halogens is 3. The molecule has 0 aliphatic carbocycles. The molecule has 0 bridgehead atoms. The molecule has 7 heteroatoms. The van der Waals surface area contributed by atoms with E-state index in [-0.39, 0.29) is 19.0 Å². The minimum Gasteiger partial charge on any atom is -0.469 e. The number of ether oxygens (including phenoxy) is 1. The van der Waals surface area contributed by atoms with E-state index in [0.29, 0.717) is 12.5 Å². The summed E-state index contributed by atoms with van der Waals surface area (Å²) in [5.74, 6) is -6.24. The van der Waals surface area contributed by atoms with Crippen LogP contribution in [0.2, 0.25) is 0 Å². The van der Waals surface area contributed by atoms with Gasteiger partial charge in [-0.05, 0) is 24.5 Å². The number of rotatable bonds is 7. The monoisotopic (exact) mass is 345 g/mol. The number of carbonyl (C=O) groups is 2. The molecule has 1 atom stereocenters. The summed E-state index contributed by atoms with van der Waals surface area (Å²) < 4.78 is 44.9. The number of esters is 1. The van der Waals surface area contributed by atoms with Crippen LogP contribution >= 0.6 is 0 Å². The number of carbonyl (C=O) groups excluding carboxylic acids is 2. The maximum atomic E-state index is 13.9. The molecule has 134 valence electrons. The Morgan fingerprint density at radius 1 is 1.12 bits per heavy atom. The van der Waals surface area contributed by atoms with Crippen molar-refractivity contribution in [2.45, 2.75) is 27.2 Å². The van der Waals surface area contributed by atoms with Crippen molar-refractivity contribution in [2.24, 2.45) is 11.8 Å². The fraction of sp³-hybridized carbons (Fsp3) is 0.529. The lowest BCUT2D eigenvalue weighted by Crippen LogP contribution is -2.39. The molecule has 0 fully saturated rings. The number of hydrogen-bond donors (Lipinski definition) is 0. The van der Waals surface area contributed by atoms with Gasteiger partial charge in [-0.1, -0.05) is 20.8 Å². The number of hydrogen-bond acceptors (Lipinski definition) is 3. The van der Waals surface area contributed by atoms with Crippen molar-refractivity contribution in [3.8, 4) is 0 Å². The molecule has 4 nitrogen and oxygen atoms in total. The third-order valence-corrected chi connectivity index (χ3v) is 3.63. The molecule has 0 aliphatic rings. The fourth-order valence-corrected chi connectivity index (χ4v) is 2.16. The van der Waals surface area contributed by atoms with Gasteiger partial charge in [0.2, 0.25) is 0 Å². The standard InChI is InChI=1S/C17H22F3NO3/c1-10(2)7-8-21(9-11(3)17(23)24-4)16(22)12-5-6-13(18)15(20)14(12)19/h5-6,10-11H,7-9H2,1-4H3. The van der Waals surface area contributed by atoms with Gasteiger partial charge in [0.15, 0.2) is 17.5 Å². The van der Waals surface area contributed by atoms with E-state index < -0.39 is 40.8 Å². The maximum absolute atomic E-state index is 13.9. The largest absolute Gasteiger partial charge is 0.469 e. The third kappa shape index (κ3) is 4.97. The average molecular weight is 345 g/mol. The summed E-state index contributed by atoms with van der Waals surface area (Å²) in [7, 11) is 1.23. The van der Waals surface area contributed by atoms with Crippen LogP contribution in [0.25, 0.3) is 0 Å². The average Bonchev–Trinajstić information content (AvgIpc) is 2.54. The zero-order valence-corrected chi connectivity index (χ0v) is 14.2. The predicted octanol–water partition coefficient (Wildman–Crippen LogP) is 3.40. The second-order valence-corrected chi connectivity index (χ2v) is 6.08. The van der Waals surface area contributed by atoms with Gasteiger partial charge in [-0.3, -0.25) is 9.59 Å². The first kappa shape index (κ1) is 20.0. The minimum atomic E-state index is -1.69. The summed E-state index contributed by atoms with van der Waals surface area (Å²) in [6.45, 7) is 5.73. The molecule has 24 heavy (non-hydrogen) atoms. The number of nitrogens with zero attached hydrogens (tertiary/aromatic N) is 1. The van der Waals surface area contributed by atoms with Gasteiger partial charge in [-0.2, -0.15) is 0 Å². The van der Waals surface area contributed by atoms with Gasteiger partial charge in [-0.15, -0.1) is 0 Å². The highest BCUT2D eigenvalue weighted by molar-refractivity contribution is 5.94. The first-order valence-corrected chi connectivity index (χ1v) is 7.69. The van der Waals surface area contributed by atoms with Gasteiger partial charge >= 0.3 is 5.97 Å². The van der Waals surface area contributed by atoms with Crippen LogP contribution in [0.3, 0.4) is 0 Å². The lowest BCUT2D eigenvalue weighted by atomic mass is 10.1. The van der Waals surface area contributed by atoms with E-state index in [1.807, 2.05) is 13.8 Å². The summed E-state index contributed by atoms with van der Waals surface area (Å²) in [5.41, 5.74) is -0.560. The van der Waals surface area contributed by atoms with E-state index in [4.69, 9.17) is 0 Å². The fourth-order valence-electron chi connectivity index (χ4n) is 2.16. The first-order valence-electron chi connectivity index (χ1n) is 7.69. The predicted molar refractivity (Wildman–Crippen MR) is 82.9 cm³/mol. The summed E-state index contributed by atoms with van der Waals surface area (Å²) in [4.78, 5) is 25.4. The molecule has 0 aromatic heterocycles. The summed E-state index contributed by atoms with van der Waals surface area (Å²) in [6.07, 6.45) is 0.616. The maximum Gasteiger partial charge on any atom is 0.310 e. The smallest absolute Gasteiger partial charge is 0.310 e. The molecule has 1 amide bonds. The quantitative estimate of drug-likeness (QED) is 0.562. The molecule has 0 heterocycles. The number of methoxy groups -OCH3 is 1. The highest BCUT2D eigenvalue weighted by Gasteiger charge is 2.26. The van der Waals surface area contributed by atoms with E-state index in [2.05, 4.69) is 4.74 Å². The Balaban J connectivity index is 3.06. The molecule has 1 aromatic carbocycles. The van der Waals surface area contributed by atoms with Gasteiger partial charge in [0.1, 0.15) is 0 Å². The van der Waals surface area contributed by atoms with Gasteiger partial charge in [0, 0.05) is 13.1 Å². The van der Waals surface area contributed by atoms with E-state index in [9.17, 15) is 22.8 Å². The molecule has 0 radical (unpaired) electrons. The molecule has 0 N–H and O–H groups in total. The van der Waals surface area contributed by atoms with Crippen LogP contribution in [-0.2, 0) is 9.53 Å². The molecule has 1 aromatic rings. The topological polar surface area (TPSA) is 46.6 Å². The highest BCUT2D eigenvalue weighted by atomic mass is 19.2. The zero-order chi connectivity index (χ0) is 18.4. The van der Waals surface area contributed by atoms with Crippen LogP contribution < -0.4 is 0 Å². The molecule has 1 unspecified atom stereocenters. The second-order valence-electron chi connectivity index (χ2n) is 6.08.